The van der Waals surface area contributed by atoms with Gasteiger partial charge in [0.25, 0.3) is 0 Å². The molecular weight excluding hydrogens is 178 g/mol. The average Bonchev–Trinajstić information content (AvgIpc) is 2.19. The molecule has 0 aliphatic heterocycles. The van der Waals surface area contributed by atoms with Crippen LogP contribution in [0.15, 0.2) is 24.3 Å². The molecule has 13 heavy (non-hydrogen) atoms. The molecule has 1 rings (SSSR count). The summed E-state index contributed by atoms with van der Waals surface area (Å²) in [7, 11) is 0. The molecule has 0 aliphatic rings. The molecule has 0 aliphatic carbocycles. The Balaban J connectivity index is 0.000000424. The van der Waals surface area contributed by atoms with E-state index < -0.39 is 0 Å². The third-order valence-electron chi connectivity index (χ3n) is 1.84. The Morgan fingerprint density at radius 3 is 1.46 bits per heavy atom. The van der Waals surface area contributed by atoms with Crippen molar-refractivity contribution in [1.82, 2.24) is 0 Å². The lowest BCUT2D eigenvalue weighted by molar-refractivity contribution is 1.10. The molecular formula is C11H15NS. The molecule has 0 aromatic heterocycles. The number of isothiocyanates is 1. The summed E-state index contributed by atoms with van der Waals surface area (Å²) in [4.78, 5) is 0. The molecule has 1 aromatic carbocycles. The van der Waals surface area contributed by atoms with Crippen LogP contribution in [0.2, 0.25) is 0 Å². The fraction of sp³-hybridized carbons (Fsp3) is 0.364. The normalized spacial score (nSPS) is 8.15. The number of rotatable bonds is 2. The molecule has 0 heterocycles. The predicted octanol–water partition coefficient (Wildman–Crippen LogP) is 3.48. The van der Waals surface area contributed by atoms with Crippen LogP contribution in [0.25, 0.3) is 0 Å². The van der Waals surface area contributed by atoms with Crippen LogP contribution in [-0.4, -0.2) is 5.16 Å². The lowest BCUT2D eigenvalue weighted by Gasteiger charge is -1.97. The van der Waals surface area contributed by atoms with E-state index in [1.165, 1.54) is 11.1 Å². The zero-order chi connectivity index (χ0) is 10.1. The number of aryl methyl sites for hydroxylation is 2. The third-order valence-corrected chi connectivity index (χ3v) is 1.84. The topological polar surface area (TPSA) is 23.9 Å². The fourth-order valence-corrected chi connectivity index (χ4v) is 1.01. The zero-order valence-electron chi connectivity index (χ0n) is 8.13. The van der Waals surface area contributed by atoms with Gasteiger partial charge in [0.15, 0.2) is 0 Å². The van der Waals surface area contributed by atoms with Crippen LogP contribution in [0.1, 0.15) is 25.0 Å². The number of hydrogen-bond acceptors (Lipinski definition) is 2. The van der Waals surface area contributed by atoms with E-state index in [4.69, 9.17) is 5.41 Å². The van der Waals surface area contributed by atoms with Crippen molar-refractivity contribution in [2.45, 2.75) is 26.7 Å². The molecule has 0 saturated carbocycles. The number of nitrogens with one attached hydrogen (secondary N) is 1. The highest BCUT2D eigenvalue weighted by atomic mass is 32.1. The maximum atomic E-state index is 5.77. The van der Waals surface area contributed by atoms with Gasteiger partial charge >= 0.3 is 0 Å². The van der Waals surface area contributed by atoms with Crippen LogP contribution in [0, 0.1) is 5.41 Å². The minimum atomic E-state index is 1.14. The van der Waals surface area contributed by atoms with E-state index in [1.807, 2.05) is 0 Å². The van der Waals surface area contributed by atoms with Crippen molar-refractivity contribution in [2.75, 3.05) is 0 Å². The van der Waals surface area contributed by atoms with Gasteiger partial charge in [-0.2, -0.15) is 0 Å². The first-order chi connectivity index (χ1) is 6.28. The van der Waals surface area contributed by atoms with Gasteiger partial charge in [0.2, 0.25) is 0 Å². The zero-order valence-corrected chi connectivity index (χ0v) is 8.95. The molecule has 0 spiro atoms. The molecule has 70 valence electrons. The van der Waals surface area contributed by atoms with E-state index in [0.29, 0.717) is 0 Å². The van der Waals surface area contributed by atoms with Crippen LogP contribution in [-0.2, 0) is 12.8 Å². The second-order valence-corrected chi connectivity index (χ2v) is 2.83. The van der Waals surface area contributed by atoms with Crippen molar-refractivity contribution in [3.8, 4) is 0 Å². The van der Waals surface area contributed by atoms with Crippen LogP contribution in [0.3, 0.4) is 0 Å². The quantitative estimate of drug-likeness (QED) is 0.564. The summed E-state index contributed by atoms with van der Waals surface area (Å²) < 4.78 is 0. The van der Waals surface area contributed by atoms with Gasteiger partial charge < -0.3 is 0 Å². The van der Waals surface area contributed by atoms with Crippen molar-refractivity contribution in [3.63, 3.8) is 0 Å². The minimum Gasteiger partial charge on any atom is -0.248 e. The second-order valence-electron chi connectivity index (χ2n) is 2.63. The van der Waals surface area contributed by atoms with Crippen molar-refractivity contribution >= 4 is 17.4 Å². The monoisotopic (exact) mass is 193 g/mol. The summed E-state index contributed by atoms with van der Waals surface area (Å²) in [6, 6.07) is 8.83. The van der Waals surface area contributed by atoms with Gasteiger partial charge in [0, 0.05) is 0 Å². The van der Waals surface area contributed by atoms with Gasteiger partial charge in [0.1, 0.15) is 0 Å². The average molecular weight is 193 g/mol. The highest BCUT2D eigenvalue weighted by Gasteiger charge is 1.88. The largest absolute Gasteiger partial charge is 0.248 e. The van der Waals surface area contributed by atoms with Gasteiger partial charge in [-0.3, -0.25) is 0 Å². The van der Waals surface area contributed by atoms with E-state index in [1.54, 1.807) is 5.16 Å². The summed E-state index contributed by atoms with van der Waals surface area (Å²) in [6.07, 6.45) is 2.29. The molecule has 0 amide bonds. The first kappa shape index (κ1) is 12.0. The van der Waals surface area contributed by atoms with Gasteiger partial charge in [-0.15, -0.1) is 0 Å². The van der Waals surface area contributed by atoms with E-state index in [9.17, 15) is 0 Å². The molecule has 0 radical (unpaired) electrons. The van der Waals surface area contributed by atoms with Gasteiger partial charge in [-0.1, -0.05) is 38.1 Å². The molecule has 2 heteroatoms. The molecule has 0 saturated heterocycles. The first-order valence-electron chi connectivity index (χ1n) is 4.40. The third kappa shape index (κ3) is 5.29. The summed E-state index contributed by atoms with van der Waals surface area (Å²) in [5.41, 5.74) is 2.86. The number of hydrogen-bond donors (Lipinski definition) is 1. The smallest absolute Gasteiger partial charge is 0.0554 e. The van der Waals surface area contributed by atoms with Crippen molar-refractivity contribution in [3.05, 3.63) is 35.4 Å². The molecule has 1 nitrogen and oxygen atoms in total. The summed E-state index contributed by atoms with van der Waals surface area (Å²) >= 11 is 3.81. The van der Waals surface area contributed by atoms with Crippen molar-refractivity contribution in [1.29, 1.82) is 5.41 Å². The lowest BCUT2D eigenvalue weighted by Crippen LogP contribution is -1.81. The van der Waals surface area contributed by atoms with Gasteiger partial charge in [-0.25, -0.2) is 5.41 Å². The second kappa shape index (κ2) is 7.66. The minimum absolute atomic E-state index is 1.14. The van der Waals surface area contributed by atoms with Gasteiger partial charge in [0.05, 0.1) is 5.16 Å². The predicted molar refractivity (Wildman–Crippen MR) is 60.5 cm³/mol. The molecule has 0 bridgehead atoms. The molecule has 1 N–H and O–H groups in total. The molecule has 1 aromatic rings. The SMILES string of the molecule is CCc1ccc(CC)cc1.N=C=S. The highest BCUT2D eigenvalue weighted by molar-refractivity contribution is 7.78. The molecule has 0 unspecified atom stereocenters. The summed E-state index contributed by atoms with van der Waals surface area (Å²) in [5.74, 6) is 0. The van der Waals surface area contributed by atoms with E-state index >= 15 is 0 Å². The van der Waals surface area contributed by atoms with E-state index in [0.717, 1.165) is 12.8 Å². The Morgan fingerprint density at radius 2 is 1.31 bits per heavy atom. The Morgan fingerprint density at radius 1 is 1.08 bits per heavy atom. The Bertz CT molecular complexity index is 235. The molecule has 0 fully saturated rings. The fourth-order valence-electron chi connectivity index (χ4n) is 1.01. The summed E-state index contributed by atoms with van der Waals surface area (Å²) in [6.45, 7) is 4.36. The maximum Gasteiger partial charge on any atom is 0.0554 e. The highest BCUT2D eigenvalue weighted by Crippen LogP contribution is 2.04. The van der Waals surface area contributed by atoms with E-state index in [-0.39, 0.29) is 0 Å². The van der Waals surface area contributed by atoms with Crippen LogP contribution in [0.4, 0.5) is 0 Å². The van der Waals surface area contributed by atoms with Gasteiger partial charge in [-0.05, 0) is 36.2 Å². The molecule has 0 atom stereocenters. The Kier molecular flexibility index (Phi) is 7.08. The van der Waals surface area contributed by atoms with Crippen molar-refractivity contribution < 1.29 is 0 Å². The maximum absolute atomic E-state index is 5.77. The number of benzene rings is 1. The Labute approximate surface area is 85.3 Å². The Hall–Kier alpha value is -0.980. The van der Waals surface area contributed by atoms with Crippen LogP contribution in [0.5, 0.6) is 0 Å². The van der Waals surface area contributed by atoms with Crippen molar-refractivity contribution in [2.24, 2.45) is 0 Å². The lowest BCUT2D eigenvalue weighted by atomic mass is 10.1. The van der Waals surface area contributed by atoms with Crippen LogP contribution < -0.4 is 0 Å². The van der Waals surface area contributed by atoms with Crippen LogP contribution >= 0.6 is 12.2 Å². The number of thiocarbonyl (C=S) groups is 1. The first-order valence-corrected chi connectivity index (χ1v) is 4.81. The summed E-state index contributed by atoms with van der Waals surface area (Å²) in [5, 5.41) is 7.36. The van der Waals surface area contributed by atoms with E-state index in [2.05, 4.69) is 50.3 Å². The standard InChI is InChI=1S/C10H14.CHNS/c1-3-9-5-7-10(4-2)8-6-9;2-1-3/h5-8H,3-4H2,1-2H3;2H.